The zero-order valence-electron chi connectivity index (χ0n) is 17.6. The van der Waals surface area contributed by atoms with E-state index < -0.39 is 21.7 Å². The SMILES string of the molecule is Cc1cccc(Oc2cc(NC(=O)c3ccn(Cn4cnc([N+](=O)[O-])n4)n3)cc([N+](=O)[O-])c2)c1. The Morgan fingerprint density at radius 1 is 1.03 bits per heavy atom. The Morgan fingerprint density at radius 2 is 1.85 bits per heavy atom. The Kier molecular flexibility index (Phi) is 5.94. The second-order valence-corrected chi connectivity index (χ2v) is 7.07. The number of aryl methyl sites for hydroxylation is 1. The van der Waals surface area contributed by atoms with Gasteiger partial charge in [0.25, 0.3) is 11.6 Å². The maximum absolute atomic E-state index is 12.6. The minimum Gasteiger partial charge on any atom is -0.457 e. The summed E-state index contributed by atoms with van der Waals surface area (Å²) in [6, 6.07) is 12.5. The van der Waals surface area contributed by atoms with Crippen LogP contribution in [-0.4, -0.2) is 40.3 Å². The van der Waals surface area contributed by atoms with Crippen LogP contribution in [-0.2, 0) is 6.67 Å². The van der Waals surface area contributed by atoms with Gasteiger partial charge in [0, 0.05) is 23.4 Å². The molecule has 4 aromatic rings. The number of hydrogen-bond donors (Lipinski definition) is 1. The molecule has 0 unspecified atom stereocenters. The molecule has 4 rings (SSSR count). The number of carbonyl (C=O) groups is 1. The normalized spacial score (nSPS) is 10.6. The number of non-ortho nitro benzene ring substituents is 1. The van der Waals surface area contributed by atoms with Gasteiger partial charge in [-0.05, 0) is 35.6 Å². The first-order valence-electron chi connectivity index (χ1n) is 9.69. The average molecular weight is 464 g/mol. The smallest absolute Gasteiger partial charge is 0.457 e. The van der Waals surface area contributed by atoms with E-state index in [1.807, 2.05) is 13.0 Å². The summed E-state index contributed by atoms with van der Waals surface area (Å²) in [5.74, 6) is -0.511. The first-order valence-corrected chi connectivity index (χ1v) is 9.69. The van der Waals surface area contributed by atoms with Gasteiger partial charge in [-0.2, -0.15) is 9.78 Å². The summed E-state index contributed by atoms with van der Waals surface area (Å²) < 4.78 is 8.24. The predicted octanol–water partition coefficient (Wildman–Crippen LogP) is 3.15. The van der Waals surface area contributed by atoms with Gasteiger partial charge in [-0.25, -0.2) is 4.68 Å². The van der Waals surface area contributed by atoms with Gasteiger partial charge in [0.2, 0.25) is 6.33 Å². The largest absolute Gasteiger partial charge is 0.491 e. The first-order chi connectivity index (χ1) is 16.3. The van der Waals surface area contributed by atoms with Gasteiger partial charge in [-0.3, -0.25) is 14.9 Å². The van der Waals surface area contributed by atoms with Crippen molar-refractivity contribution in [3.8, 4) is 11.5 Å². The molecule has 0 saturated heterocycles. The van der Waals surface area contributed by atoms with Crippen molar-refractivity contribution in [1.29, 1.82) is 0 Å². The lowest BCUT2D eigenvalue weighted by molar-refractivity contribution is -0.394. The lowest BCUT2D eigenvalue weighted by Crippen LogP contribution is -2.15. The Morgan fingerprint density at radius 3 is 2.56 bits per heavy atom. The van der Waals surface area contributed by atoms with Gasteiger partial charge in [-0.1, -0.05) is 17.1 Å². The van der Waals surface area contributed by atoms with E-state index in [1.54, 1.807) is 18.2 Å². The zero-order chi connectivity index (χ0) is 24.2. The highest BCUT2D eigenvalue weighted by molar-refractivity contribution is 6.03. The number of anilines is 1. The minimum atomic E-state index is -0.728. The number of nitrogens with zero attached hydrogens (tertiary/aromatic N) is 7. The molecule has 2 heterocycles. The van der Waals surface area contributed by atoms with Crippen molar-refractivity contribution >= 4 is 23.2 Å². The van der Waals surface area contributed by atoms with Crippen LogP contribution >= 0.6 is 0 Å². The van der Waals surface area contributed by atoms with Gasteiger partial charge in [0.15, 0.2) is 12.4 Å². The van der Waals surface area contributed by atoms with Crippen LogP contribution in [0.2, 0.25) is 0 Å². The van der Waals surface area contributed by atoms with Crippen LogP contribution in [0.1, 0.15) is 16.1 Å². The van der Waals surface area contributed by atoms with E-state index >= 15 is 0 Å². The van der Waals surface area contributed by atoms with Crippen molar-refractivity contribution in [1.82, 2.24) is 24.5 Å². The second kappa shape index (κ2) is 9.15. The molecule has 0 aliphatic heterocycles. The summed E-state index contributed by atoms with van der Waals surface area (Å²) in [6.45, 7) is 1.87. The van der Waals surface area contributed by atoms with E-state index in [2.05, 4.69) is 20.5 Å². The number of carbonyl (C=O) groups excluding carboxylic acids is 1. The molecule has 0 aliphatic rings. The molecule has 2 aromatic carbocycles. The van der Waals surface area contributed by atoms with E-state index in [1.165, 1.54) is 46.2 Å². The standard InChI is InChI=1S/C20H16N8O6/c1-13-3-2-4-16(7-13)34-17-9-14(8-15(10-17)27(30)31)22-19(29)18-5-6-25(23-18)12-26-11-21-20(24-26)28(32)33/h2-11H,12H2,1H3,(H,22,29). The van der Waals surface area contributed by atoms with Crippen molar-refractivity contribution in [2.45, 2.75) is 13.6 Å². The summed E-state index contributed by atoms with van der Waals surface area (Å²) in [7, 11) is 0. The third-order valence-electron chi connectivity index (χ3n) is 4.44. The molecule has 1 N–H and O–H groups in total. The quantitative estimate of drug-likeness (QED) is 0.303. The van der Waals surface area contributed by atoms with Crippen molar-refractivity contribution in [3.05, 3.63) is 92.5 Å². The number of aromatic nitrogens is 5. The minimum absolute atomic E-state index is 0.0145. The fourth-order valence-corrected chi connectivity index (χ4v) is 2.98. The Labute approximate surface area is 190 Å². The summed E-state index contributed by atoms with van der Waals surface area (Å²) >= 11 is 0. The van der Waals surface area contributed by atoms with E-state index in [4.69, 9.17) is 4.74 Å². The molecular formula is C20H16N8O6. The molecule has 0 fully saturated rings. The molecule has 0 bridgehead atoms. The topological polar surface area (TPSA) is 173 Å². The number of benzene rings is 2. The third-order valence-corrected chi connectivity index (χ3v) is 4.44. The summed E-state index contributed by atoms with van der Waals surface area (Å²) in [4.78, 5) is 36.9. The summed E-state index contributed by atoms with van der Waals surface area (Å²) in [5, 5.41) is 32.4. The predicted molar refractivity (Wildman–Crippen MR) is 117 cm³/mol. The van der Waals surface area contributed by atoms with E-state index in [9.17, 15) is 25.0 Å². The summed E-state index contributed by atoms with van der Waals surface area (Å²) in [5.41, 5.74) is 0.844. The highest BCUT2D eigenvalue weighted by Crippen LogP contribution is 2.30. The zero-order valence-corrected chi connectivity index (χ0v) is 17.6. The van der Waals surface area contributed by atoms with Crippen molar-refractivity contribution in [2.24, 2.45) is 0 Å². The molecule has 1 amide bonds. The maximum Gasteiger partial charge on any atom is 0.491 e. The van der Waals surface area contributed by atoms with Crippen LogP contribution in [0.4, 0.5) is 17.3 Å². The van der Waals surface area contributed by atoms with E-state index in [0.29, 0.717) is 5.75 Å². The monoisotopic (exact) mass is 464 g/mol. The van der Waals surface area contributed by atoms with Crippen molar-refractivity contribution in [3.63, 3.8) is 0 Å². The van der Waals surface area contributed by atoms with E-state index in [0.717, 1.165) is 5.56 Å². The second-order valence-electron chi connectivity index (χ2n) is 7.07. The fourth-order valence-electron chi connectivity index (χ4n) is 2.98. The number of amides is 1. The first kappa shape index (κ1) is 22.1. The van der Waals surface area contributed by atoms with Crippen LogP contribution in [0.3, 0.4) is 0 Å². The molecule has 0 radical (unpaired) electrons. The van der Waals surface area contributed by atoms with Gasteiger partial charge >= 0.3 is 5.95 Å². The van der Waals surface area contributed by atoms with Gasteiger partial charge in [0.05, 0.1) is 16.7 Å². The van der Waals surface area contributed by atoms with Crippen LogP contribution in [0.25, 0.3) is 0 Å². The summed E-state index contributed by atoms with van der Waals surface area (Å²) in [6.07, 6.45) is 2.64. The highest BCUT2D eigenvalue weighted by atomic mass is 16.6. The number of nitrogens with one attached hydrogen (secondary N) is 1. The average Bonchev–Trinajstić information content (AvgIpc) is 3.44. The van der Waals surface area contributed by atoms with Crippen LogP contribution < -0.4 is 10.1 Å². The third kappa shape index (κ3) is 5.18. The molecular weight excluding hydrogens is 448 g/mol. The van der Waals surface area contributed by atoms with Crippen molar-refractivity contribution < 1.29 is 19.4 Å². The molecule has 0 aliphatic carbocycles. The van der Waals surface area contributed by atoms with Gasteiger partial charge < -0.3 is 20.2 Å². The van der Waals surface area contributed by atoms with Gasteiger partial charge in [-0.15, -0.1) is 0 Å². The number of hydrogen-bond acceptors (Lipinski definition) is 9. The molecule has 172 valence electrons. The lowest BCUT2D eigenvalue weighted by atomic mass is 10.2. The Bertz CT molecular complexity index is 1400. The number of nitro groups is 2. The van der Waals surface area contributed by atoms with Crippen LogP contribution in [0, 0.1) is 27.2 Å². The number of rotatable bonds is 8. The fraction of sp³-hybridized carbons (Fsp3) is 0.100. The van der Waals surface area contributed by atoms with Crippen LogP contribution in [0.5, 0.6) is 11.5 Å². The number of ether oxygens (including phenoxy) is 1. The molecule has 34 heavy (non-hydrogen) atoms. The molecule has 14 heteroatoms. The maximum atomic E-state index is 12.6. The van der Waals surface area contributed by atoms with Crippen LogP contribution in [0.15, 0.2) is 61.1 Å². The molecule has 0 atom stereocenters. The van der Waals surface area contributed by atoms with E-state index in [-0.39, 0.29) is 29.5 Å². The lowest BCUT2D eigenvalue weighted by Gasteiger charge is -2.09. The molecule has 2 aromatic heterocycles. The molecule has 14 nitrogen and oxygen atoms in total. The van der Waals surface area contributed by atoms with Gasteiger partial charge in [0.1, 0.15) is 11.5 Å². The Hall–Kier alpha value is -5.14. The van der Waals surface area contributed by atoms with Crippen molar-refractivity contribution in [2.75, 3.05) is 5.32 Å². The number of nitro benzene ring substituents is 1. The Balaban J connectivity index is 1.50. The molecule has 0 spiro atoms. The molecule has 0 saturated carbocycles. The highest BCUT2D eigenvalue weighted by Gasteiger charge is 2.17.